The number of rotatable bonds is 0. The molecule has 3 aliphatic carbocycles. The first-order chi connectivity index (χ1) is 6.92. The fourth-order valence-electron chi connectivity index (χ4n) is 4.18. The van der Waals surface area contributed by atoms with Crippen LogP contribution in [0.25, 0.3) is 0 Å². The second-order valence-electron chi connectivity index (χ2n) is 5.84. The molecule has 2 bridgehead atoms. The summed E-state index contributed by atoms with van der Waals surface area (Å²) in [6, 6.07) is 0. The van der Waals surface area contributed by atoms with Crippen molar-refractivity contribution in [3.63, 3.8) is 0 Å². The lowest BCUT2D eigenvalue weighted by atomic mass is 9.60. The van der Waals surface area contributed by atoms with E-state index in [1.54, 1.807) is 0 Å². The highest BCUT2D eigenvalue weighted by Crippen LogP contribution is 2.56. The van der Waals surface area contributed by atoms with Gasteiger partial charge >= 0.3 is 0 Å². The minimum atomic E-state index is -3.29. The summed E-state index contributed by atoms with van der Waals surface area (Å²) in [6.07, 6.45) is 4.58. The molecule has 2 atom stereocenters. The largest absolute Gasteiger partial charge is 0.271 e. The molecule has 0 radical (unpaired) electrons. The Labute approximate surface area is 91.3 Å². The predicted molar refractivity (Wildman–Crippen MR) is 56.8 cm³/mol. The normalized spacial score (nSPS) is 50.3. The van der Waals surface area contributed by atoms with Crippen molar-refractivity contribution < 1.29 is 12.6 Å². The van der Waals surface area contributed by atoms with Crippen molar-refractivity contribution in [3.8, 4) is 0 Å². The van der Waals surface area contributed by atoms with E-state index in [-0.39, 0.29) is 11.2 Å². The molecule has 0 aromatic rings. The lowest BCUT2D eigenvalue weighted by Crippen LogP contribution is -2.48. The molecule has 86 valence electrons. The van der Waals surface area contributed by atoms with E-state index in [0.29, 0.717) is 11.8 Å². The molecular weight excluding hydrogens is 212 g/mol. The molecule has 0 N–H and O–H groups in total. The quantitative estimate of drug-likeness (QED) is 0.597. The van der Waals surface area contributed by atoms with Crippen molar-refractivity contribution >= 4 is 10.1 Å². The Morgan fingerprint density at radius 1 is 1.07 bits per heavy atom. The Balaban J connectivity index is 2.09. The van der Waals surface area contributed by atoms with Crippen LogP contribution in [0.4, 0.5) is 0 Å². The fourth-order valence-corrected chi connectivity index (χ4v) is 6.66. The topological polar surface area (TPSA) is 43.4 Å². The third-order valence-corrected chi connectivity index (χ3v) is 6.62. The molecule has 1 heterocycles. The molecular formula is C11H18O3S. The zero-order valence-electron chi connectivity index (χ0n) is 9.27. The first-order valence-corrected chi connectivity index (χ1v) is 7.33. The molecule has 4 aliphatic rings. The van der Waals surface area contributed by atoms with Crippen molar-refractivity contribution in [1.29, 1.82) is 0 Å². The van der Waals surface area contributed by atoms with Gasteiger partial charge in [-0.05, 0) is 51.4 Å². The lowest BCUT2D eigenvalue weighted by molar-refractivity contribution is 0.000645. The van der Waals surface area contributed by atoms with Crippen LogP contribution < -0.4 is 0 Å². The molecule has 3 nitrogen and oxygen atoms in total. The third-order valence-electron chi connectivity index (χ3n) is 4.61. The summed E-state index contributed by atoms with van der Waals surface area (Å²) >= 11 is 0. The number of hydrogen-bond donors (Lipinski definition) is 0. The summed E-state index contributed by atoms with van der Waals surface area (Å²) in [5.41, 5.74) is -0.465. The Kier molecular flexibility index (Phi) is 1.87. The van der Waals surface area contributed by atoms with Crippen molar-refractivity contribution in [3.05, 3.63) is 0 Å². The second-order valence-corrected chi connectivity index (χ2v) is 7.54. The van der Waals surface area contributed by atoms with Crippen molar-refractivity contribution in [1.82, 2.24) is 0 Å². The summed E-state index contributed by atoms with van der Waals surface area (Å²) in [5, 5.41) is -0.194. The maximum absolute atomic E-state index is 12.0. The molecule has 4 heteroatoms. The fraction of sp³-hybridized carbons (Fsp3) is 1.00. The SMILES string of the molecule is CC1(C)OS(=O)(=O)C2C3CCC(CC3)C21. The Bertz CT molecular complexity index is 377. The van der Waals surface area contributed by atoms with Crippen molar-refractivity contribution in [2.75, 3.05) is 0 Å². The Hall–Kier alpha value is -0.0900. The molecule has 0 spiro atoms. The van der Waals surface area contributed by atoms with Gasteiger partial charge in [-0.25, -0.2) is 0 Å². The molecule has 0 amide bonds. The average Bonchev–Trinajstić information content (AvgIpc) is 2.36. The maximum atomic E-state index is 12.0. The van der Waals surface area contributed by atoms with Gasteiger partial charge in [0.05, 0.1) is 10.9 Å². The van der Waals surface area contributed by atoms with E-state index in [4.69, 9.17) is 4.18 Å². The number of fused-ring (bicyclic) bond motifs is 2. The monoisotopic (exact) mass is 230 g/mol. The summed E-state index contributed by atoms with van der Waals surface area (Å²) in [4.78, 5) is 0. The van der Waals surface area contributed by atoms with Gasteiger partial charge in [0.15, 0.2) is 0 Å². The van der Waals surface area contributed by atoms with E-state index < -0.39 is 15.7 Å². The van der Waals surface area contributed by atoms with Gasteiger partial charge < -0.3 is 0 Å². The molecule has 0 aromatic carbocycles. The van der Waals surface area contributed by atoms with Crippen molar-refractivity contribution in [2.45, 2.75) is 50.4 Å². The molecule has 1 saturated heterocycles. The first kappa shape index (κ1) is 10.1. The molecule has 0 aromatic heterocycles. The minimum Gasteiger partial charge on any atom is -0.263 e. The minimum absolute atomic E-state index is 0.194. The van der Waals surface area contributed by atoms with Crippen LogP contribution in [0, 0.1) is 17.8 Å². The summed E-state index contributed by atoms with van der Waals surface area (Å²) in [7, 11) is -3.29. The van der Waals surface area contributed by atoms with Crippen LogP contribution in [-0.4, -0.2) is 19.3 Å². The smallest absolute Gasteiger partial charge is 0.263 e. The van der Waals surface area contributed by atoms with Gasteiger partial charge in [-0.2, -0.15) is 8.42 Å². The zero-order chi connectivity index (χ0) is 10.8. The van der Waals surface area contributed by atoms with E-state index in [2.05, 4.69) is 0 Å². The third kappa shape index (κ3) is 1.24. The van der Waals surface area contributed by atoms with Crippen molar-refractivity contribution in [2.24, 2.45) is 17.8 Å². The highest BCUT2D eigenvalue weighted by Gasteiger charge is 2.62. The van der Waals surface area contributed by atoms with E-state index in [9.17, 15) is 8.42 Å². The van der Waals surface area contributed by atoms with Gasteiger partial charge in [0.2, 0.25) is 0 Å². The van der Waals surface area contributed by atoms with Crippen LogP contribution >= 0.6 is 0 Å². The lowest BCUT2D eigenvalue weighted by Gasteiger charge is -2.46. The summed E-state index contributed by atoms with van der Waals surface area (Å²) in [5.74, 6) is 1.19. The molecule has 1 aliphatic heterocycles. The zero-order valence-corrected chi connectivity index (χ0v) is 10.1. The Morgan fingerprint density at radius 3 is 2.13 bits per heavy atom. The van der Waals surface area contributed by atoms with Crippen LogP contribution in [0.5, 0.6) is 0 Å². The highest BCUT2D eigenvalue weighted by atomic mass is 32.2. The van der Waals surface area contributed by atoms with Gasteiger partial charge in [0.25, 0.3) is 10.1 Å². The molecule has 4 fully saturated rings. The van der Waals surface area contributed by atoms with Gasteiger partial charge in [0.1, 0.15) is 0 Å². The van der Waals surface area contributed by atoms with E-state index in [1.807, 2.05) is 13.8 Å². The molecule has 3 saturated carbocycles. The molecule has 15 heavy (non-hydrogen) atoms. The first-order valence-electron chi connectivity index (χ1n) is 5.86. The molecule has 2 unspecified atom stereocenters. The van der Waals surface area contributed by atoms with E-state index >= 15 is 0 Å². The van der Waals surface area contributed by atoms with Crippen LogP contribution in [0.3, 0.4) is 0 Å². The van der Waals surface area contributed by atoms with E-state index in [1.165, 1.54) is 12.8 Å². The predicted octanol–water partition coefficient (Wildman–Crippen LogP) is 1.93. The number of hydrogen-bond acceptors (Lipinski definition) is 3. The van der Waals surface area contributed by atoms with Crippen LogP contribution in [0.15, 0.2) is 0 Å². The maximum Gasteiger partial charge on any atom is 0.271 e. The highest BCUT2D eigenvalue weighted by molar-refractivity contribution is 7.87. The summed E-state index contributed by atoms with van der Waals surface area (Å²) < 4.78 is 29.3. The van der Waals surface area contributed by atoms with Crippen LogP contribution in [0.1, 0.15) is 39.5 Å². The molecule has 4 rings (SSSR count). The Morgan fingerprint density at radius 2 is 1.60 bits per heavy atom. The standard InChI is InChI=1S/C11H18O3S/c1-11(2)9-7-3-5-8(6-4-7)10(9)15(12,13)14-11/h7-10H,3-6H2,1-2H3. The van der Waals surface area contributed by atoms with Gasteiger partial charge in [0, 0.05) is 5.92 Å². The van der Waals surface area contributed by atoms with Gasteiger partial charge in [-0.15, -0.1) is 0 Å². The summed E-state index contributed by atoms with van der Waals surface area (Å²) in [6.45, 7) is 3.88. The van der Waals surface area contributed by atoms with Gasteiger partial charge in [-0.3, -0.25) is 4.18 Å². The van der Waals surface area contributed by atoms with E-state index in [0.717, 1.165) is 12.8 Å². The van der Waals surface area contributed by atoms with Gasteiger partial charge in [-0.1, -0.05) is 0 Å². The van der Waals surface area contributed by atoms with Crippen LogP contribution in [0.2, 0.25) is 0 Å². The average molecular weight is 230 g/mol. The van der Waals surface area contributed by atoms with Crippen LogP contribution in [-0.2, 0) is 14.3 Å². The second kappa shape index (κ2) is 2.77.